The minimum absolute atomic E-state index is 0.0778. The van der Waals surface area contributed by atoms with Crippen LogP contribution in [0.15, 0.2) is 53.4 Å². The van der Waals surface area contributed by atoms with Crippen molar-refractivity contribution in [1.29, 1.82) is 0 Å². The molecule has 0 amide bonds. The van der Waals surface area contributed by atoms with Crippen LogP contribution in [0.1, 0.15) is 35.8 Å². The zero-order valence-corrected chi connectivity index (χ0v) is 14.5. The van der Waals surface area contributed by atoms with Gasteiger partial charge in [-0.2, -0.15) is 0 Å². The SMILES string of the molecule is CNS(=O)(=O)c1cccc(C(C)NC2Cc3ccccc3C2O)c1. The lowest BCUT2D eigenvalue weighted by molar-refractivity contribution is 0.136. The van der Waals surface area contributed by atoms with Gasteiger partial charge in [-0.05, 0) is 49.2 Å². The average Bonchev–Trinajstić information content (AvgIpc) is 2.91. The van der Waals surface area contributed by atoms with Crippen LogP contribution in [0.4, 0.5) is 0 Å². The number of hydrogen-bond donors (Lipinski definition) is 3. The Bertz CT molecular complexity index is 836. The molecule has 0 radical (unpaired) electrons. The van der Waals surface area contributed by atoms with E-state index in [0.29, 0.717) is 0 Å². The van der Waals surface area contributed by atoms with Gasteiger partial charge < -0.3 is 10.4 Å². The van der Waals surface area contributed by atoms with Crippen molar-refractivity contribution in [2.75, 3.05) is 7.05 Å². The topological polar surface area (TPSA) is 78.4 Å². The summed E-state index contributed by atoms with van der Waals surface area (Å²) in [7, 11) is -2.06. The Morgan fingerprint density at radius 2 is 1.92 bits per heavy atom. The highest BCUT2D eigenvalue weighted by Crippen LogP contribution is 2.32. The molecular weight excluding hydrogens is 324 g/mol. The Morgan fingerprint density at radius 1 is 1.17 bits per heavy atom. The van der Waals surface area contributed by atoms with Crippen molar-refractivity contribution < 1.29 is 13.5 Å². The number of aliphatic hydroxyl groups excluding tert-OH is 1. The van der Waals surface area contributed by atoms with Crippen LogP contribution in [-0.4, -0.2) is 26.6 Å². The molecule has 0 aliphatic heterocycles. The number of benzene rings is 2. The van der Waals surface area contributed by atoms with Crippen LogP contribution in [0.3, 0.4) is 0 Å². The van der Waals surface area contributed by atoms with Crippen LogP contribution in [-0.2, 0) is 16.4 Å². The molecule has 3 rings (SSSR count). The van der Waals surface area contributed by atoms with Gasteiger partial charge in [-0.25, -0.2) is 13.1 Å². The van der Waals surface area contributed by atoms with Crippen LogP contribution in [0.2, 0.25) is 0 Å². The number of sulfonamides is 1. The largest absolute Gasteiger partial charge is 0.387 e. The third-order valence-corrected chi connectivity index (χ3v) is 6.01. The van der Waals surface area contributed by atoms with E-state index < -0.39 is 16.1 Å². The number of rotatable bonds is 5. The minimum atomic E-state index is -3.46. The quantitative estimate of drug-likeness (QED) is 0.773. The maximum Gasteiger partial charge on any atom is 0.240 e. The van der Waals surface area contributed by atoms with Crippen molar-refractivity contribution in [3.05, 3.63) is 65.2 Å². The zero-order chi connectivity index (χ0) is 17.3. The summed E-state index contributed by atoms with van der Waals surface area (Å²) in [5, 5.41) is 13.9. The van der Waals surface area contributed by atoms with E-state index in [9.17, 15) is 13.5 Å². The summed E-state index contributed by atoms with van der Waals surface area (Å²) in [4.78, 5) is 0.242. The van der Waals surface area contributed by atoms with E-state index in [0.717, 1.165) is 23.1 Å². The molecule has 1 aliphatic carbocycles. The third kappa shape index (κ3) is 3.23. The van der Waals surface area contributed by atoms with Crippen molar-refractivity contribution in [1.82, 2.24) is 10.0 Å². The summed E-state index contributed by atoms with van der Waals surface area (Å²) in [5.74, 6) is 0. The summed E-state index contributed by atoms with van der Waals surface area (Å²) >= 11 is 0. The van der Waals surface area contributed by atoms with Gasteiger partial charge in [0, 0.05) is 12.1 Å². The molecule has 0 saturated heterocycles. The molecule has 5 nitrogen and oxygen atoms in total. The van der Waals surface area contributed by atoms with Gasteiger partial charge in [0.15, 0.2) is 0 Å². The molecule has 2 aromatic carbocycles. The van der Waals surface area contributed by atoms with Crippen molar-refractivity contribution >= 4 is 10.0 Å². The van der Waals surface area contributed by atoms with Gasteiger partial charge in [-0.1, -0.05) is 36.4 Å². The summed E-state index contributed by atoms with van der Waals surface area (Å²) < 4.78 is 26.2. The van der Waals surface area contributed by atoms with E-state index >= 15 is 0 Å². The first kappa shape index (κ1) is 17.1. The number of fused-ring (bicyclic) bond motifs is 1. The molecule has 3 N–H and O–H groups in total. The van der Waals surface area contributed by atoms with Crippen molar-refractivity contribution in [2.45, 2.75) is 36.4 Å². The summed E-state index contributed by atoms with van der Waals surface area (Å²) in [6.45, 7) is 1.97. The Morgan fingerprint density at radius 3 is 2.62 bits per heavy atom. The molecule has 0 saturated carbocycles. The van der Waals surface area contributed by atoms with Gasteiger partial charge in [0.1, 0.15) is 0 Å². The fourth-order valence-corrected chi connectivity index (χ4v) is 3.99. The minimum Gasteiger partial charge on any atom is -0.387 e. The summed E-state index contributed by atoms with van der Waals surface area (Å²) in [6, 6.07) is 14.6. The molecule has 3 atom stereocenters. The molecule has 24 heavy (non-hydrogen) atoms. The van der Waals surface area contributed by atoms with Crippen LogP contribution < -0.4 is 10.0 Å². The second-order valence-electron chi connectivity index (χ2n) is 6.12. The Kier molecular flexibility index (Phi) is 4.73. The molecule has 0 bridgehead atoms. The predicted octanol–water partition coefficient (Wildman–Crippen LogP) is 1.90. The zero-order valence-electron chi connectivity index (χ0n) is 13.7. The first-order chi connectivity index (χ1) is 11.4. The van der Waals surface area contributed by atoms with Crippen molar-refractivity contribution in [2.24, 2.45) is 0 Å². The summed E-state index contributed by atoms with van der Waals surface area (Å²) in [6.07, 6.45) is 0.212. The van der Waals surface area contributed by atoms with E-state index in [1.165, 1.54) is 7.05 Å². The Labute approximate surface area is 142 Å². The molecule has 3 unspecified atom stereocenters. The fourth-order valence-electron chi connectivity index (χ4n) is 3.21. The average molecular weight is 346 g/mol. The van der Waals surface area contributed by atoms with E-state index in [1.807, 2.05) is 37.3 Å². The molecule has 1 aliphatic rings. The van der Waals surface area contributed by atoms with Gasteiger partial charge in [0.25, 0.3) is 0 Å². The van der Waals surface area contributed by atoms with E-state index in [1.54, 1.807) is 18.2 Å². The van der Waals surface area contributed by atoms with Gasteiger partial charge in [-0.3, -0.25) is 0 Å². The normalized spacial score (nSPS) is 21.5. The maximum absolute atomic E-state index is 11.9. The highest BCUT2D eigenvalue weighted by atomic mass is 32.2. The molecule has 2 aromatic rings. The highest BCUT2D eigenvalue weighted by molar-refractivity contribution is 7.89. The fraction of sp³-hybridized carbons (Fsp3) is 0.333. The molecule has 0 spiro atoms. The van der Waals surface area contributed by atoms with Crippen molar-refractivity contribution in [3.8, 4) is 0 Å². The summed E-state index contributed by atoms with van der Waals surface area (Å²) in [5.41, 5.74) is 2.99. The smallest absolute Gasteiger partial charge is 0.240 e. The van der Waals surface area contributed by atoms with E-state index in [2.05, 4.69) is 10.0 Å². The van der Waals surface area contributed by atoms with Gasteiger partial charge in [0.2, 0.25) is 10.0 Å². The molecule has 6 heteroatoms. The molecular formula is C18H22N2O3S. The standard InChI is InChI=1S/C18H22N2O3S/c1-12(13-7-5-8-15(10-13)24(22,23)19-2)20-17-11-14-6-3-4-9-16(14)18(17)21/h3-10,12,17-21H,11H2,1-2H3. The highest BCUT2D eigenvalue weighted by Gasteiger charge is 2.31. The maximum atomic E-state index is 11.9. The van der Waals surface area contributed by atoms with Crippen LogP contribution in [0, 0.1) is 0 Å². The lowest BCUT2D eigenvalue weighted by atomic mass is 10.1. The number of hydrogen-bond acceptors (Lipinski definition) is 4. The van der Waals surface area contributed by atoms with Crippen LogP contribution in [0.25, 0.3) is 0 Å². The first-order valence-electron chi connectivity index (χ1n) is 7.98. The predicted molar refractivity (Wildman–Crippen MR) is 93.1 cm³/mol. The second kappa shape index (κ2) is 6.64. The second-order valence-corrected chi connectivity index (χ2v) is 8.01. The Balaban J connectivity index is 1.77. The van der Waals surface area contributed by atoms with Crippen LogP contribution >= 0.6 is 0 Å². The van der Waals surface area contributed by atoms with E-state index in [-0.39, 0.29) is 17.0 Å². The lowest BCUT2D eigenvalue weighted by Gasteiger charge is -2.23. The number of nitrogens with one attached hydrogen (secondary N) is 2. The Hall–Kier alpha value is -1.73. The van der Waals surface area contributed by atoms with Crippen molar-refractivity contribution in [3.63, 3.8) is 0 Å². The third-order valence-electron chi connectivity index (χ3n) is 4.60. The monoisotopic (exact) mass is 346 g/mol. The number of aliphatic hydroxyl groups is 1. The lowest BCUT2D eigenvalue weighted by Crippen LogP contribution is -2.35. The molecule has 0 fully saturated rings. The van der Waals surface area contributed by atoms with Gasteiger partial charge in [0.05, 0.1) is 11.0 Å². The molecule has 128 valence electrons. The first-order valence-corrected chi connectivity index (χ1v) is 9.46. The van der Waals surface area contributed by atoms with E-state index in [4.69, 9.17) is 0 Å². The molecule has 0 heterocycles. The van der Waals surface area contributed by atoms with Gasteiger partial charge >= 0.3 is 0 Å². The molecule has 0 aromatic heterocycles. The van der Waals surface area contributed by atoms with Crippen LogP contribution in [0.5, 0.6) is 0 Å². The van der Waals surface area contributed by atoms with Gasteiger partial charge in [-0.15, -0.1) is 0 Å².